The van der Waals surface area contributed by atoms with Gasteiger partial charge >= 0.3 is 0 Å². The fourth-order valence-corrected chi connectivity index (χ4v) is 2.19. The molecular weight excluding hydrogens is 286 g/mol. The summed E-state index contributed by atoms with van der Waals surface area (Å²) >= 11 is 0. The fourth-order valence-electron chi connectivity index (χ4n) is 2.19. The van der Waals surface area contributed by atoms with Gasteiger partial charge in [-0.2, -0.15) is 5.26 Å². The lowest BCUT2D eigenvalue weighted by Gasteiger charge is -2.11. The number of hydrogen-bond acceptors (Lipinski definition) is 5. The van der Waals surface area contributed by atoms with Crippen LogP contribution in [0.15, 0.2) is 60.7 Å². The van der Waals surface area contributed by atoms with Crippen LogP contribution in [0.2, 0.25) is 0 Å². The molecule has 0 saturated carbocycles. The Labute approximate surface area is 134 Å². The van der Waals surface area contributed by atoms with Crippen LogP contribution in [-0.4, -0.2) is 9.97 Å². The minimum Gasteiger partial charge on any atom is -0.340 e. The molecule has 0 bridgehead atoms. The Bertz CT molecular complexity index is 853. The molecule has 0 unspecified atom stereocenters. The number of nitriles is 1. The molecule has 0 radical (unpaired) electrons. The summed E-state index contributed by atoms with van der Waals surface area (Å²) in [6.45, 7) is 1.83. The number of aryl methyl sites for hydroxylation is 1. The maximum atomic E-state index is 9.17. The van der Waals surface area contributed by atoms with Crippen LogP contribution >= 0.6 is 0 Å². The predicted molar refractivity (Wildman–Crippen MR) is 90.9 cm³/mol. The molecule has 0 aliphatic carbocycles. The first-order chi connectivity index (χ1) is 11.2. The summed E-state index contributed by atoms with van der Waals surface area (Å²) in [5.74, 6) is 1.97. The minimum absolute atomic E-state index is 0.571. The summed E-state index contributed by atoms with van der Waals surface area (Å²) < 4.78 is 0. The van der Waals surface area contributed by atoms with E-state index in [2.05, 4.69) is 26.7 Å². The van der Waals surface area contributed by atoms with Crippen LogP contribution in [-0.2, 0) is 0 Å². The molecule has 1 heterocycles. The van der Waals surface area contributed by atoms with Gasteiger partial charge in [-0.3, -0.25) is 0 Å². The lowest BCUT2D eigenvalue weighted by atomic mass is 10.2. The van der Waals surface area contributed by atoms with Crippen molar-refractivity contribution < 1.29 is 0 Å². The van der Waals surface area contributed by atoms with E-state index < -0.39 is 0 Å². The van der Waals surface area contributed by atoms with Gasteiger partial charge in [0.15, 0.2) is 0 Å². The maximum Gasteiger partial charge on any atom is 0.136 e. The lowest BCUT2D eigenvalue weighted by molar-refractivity contribution is 1.06. The molecule has 0 aliphatic heterocycles. The van der Waals surface area contributed by atoms with Crippen molar-refractivity contribution in [3.8, 4) is 6.07 Å². The van der Waals surface area contributed by atoms with E-state index in [9.17, 15) is 0 Å². The van der Waals surface area contributed by atoms with E-state index in [0.717, 1.165) is 11.4 Å². The van der Waals surface area contributed by atoms with Crippen molar-refractivity contribution in [3.63, 3.8) is 0 Å². The van der Waals surface area contributed by atoms with Crippen molar-refractivity contribution in [3.05, 3.63) is 72.1 Å². The Morgan fingerprint density at radius 2 is 1.52 bits per heavy atom. The fraction of sp³-hybridized carbons (Fsp3) is 0.0556. The quantitative estimate of drug-likeness (QED) is 0.757. The summed E-state index contributed by atoms with van der Waals surface area (Å²) in [6, 6.07) is 21.1. The highest BCUT2D eigenvalue weighted by molar-refractivity contribution is 5.67. The van der Waals surface area contributed by atoms with Gasteiger partial charge in [-0.1, -0.05) is 30.3 Å². The summed E-state index contributed by atoms with van der Waals surface area (Å²) in [6.07, 6.45) is 0. The van der Waals surface area contributed by atoms with Gasteiger partial charge < -0.3 is 10.6 Å². The summed E-state index contributed by atoms with van der Waals surface area (Å²) in [5, 5.41) is 15.6. The average molecular weight is 301 g/mol. The topological polar surface area (TPSA) is 73.6 Å². The molecule has 0 atom stereocenters. The van der Waals surface area contributed by atoms with Crippen molar-refractivity contribution in [2.45, 2.75) is 6.92 Å². The molecule has 0 saturated heterocycles. The molecule has 0 fully saturated rings. The van der Waals surface area contributed by atoms with Crippen molar-refractivity contribution in [2.24, 2.45) is 0 Å². The molecule has 5 nitrogen and oxygen atoms in total. The Balaban J connectivity index is 1.87. The zero-order chi connectivity index (χ0) is 16.1. The third-order valence-corrected chi connectivity index (χ3v) is 3.19. The largest absolute Gasteiger partial charge is 0.340 e. The SMILES string of the molecule is Cc1nc(Nc2ccccc2)cc(Nc2ccccc2C#N)n1. The normalized spacial score (nSPS) is 9.91. The second-order valence-corrected chi connectivity index (χ2v) is 4.96. The van der Waals surface area contributed by atoms with Crippen molar-refractivity contribution in [1.82, 2.24) is 9.97 Å². The minimum atomic E-state index is 0.571. The molecule has 2 aromatic carbocycles. The van der Waals surface area contributed by atoms with Crippen molar-refractivity contribution in [1.29, 1.82) is 5.26 Å². The number of aromatic nitrogens is 2. The first-order valence-electron chi connectivity index (χ1n) is 7.18. The Hall–Kier alpha value is -3.39. The second-order valence-electron chi connectivity index (χ2n) is 4.96. The van der Waals surface area contributed by atoms with Gasteiger partial charge in [-0.25, -0.2) is 9.97 Å². The van der Waals surface area contributed by atoms with Gasteiger partial charge in [-0.15, -0.1) is 0 Å². The lowest BCUT2D eigenvalue weighted by Crippen LogP contribution is -2.02. The van der Waals surface area contributed by atoms with Crippen LogP contribution in [0, 0.1) is 18.3 Å². The number of para-hydroxylation sites is 2. The van der Waals surface area contributed by atoms with Gasteiger partial charge in [-0.05, 0) is 31.2 Å². The number of benzene rings is 2. The first kappa shape index (κ1) is 14.5. The number of nitrogens with zero attached hydrogens (tertiary/aromatic N) is 3. The molecule has 1 aromatic heterocycles. The molecule has 112 valence electrons. The average Bonchev–Trinajstić information content (AvgIpc) is 2.56. The van der Waals surface area contributed by atoms with E-state index in [0.29, 0.717) is 23.0 Å². The maximum absolute atomic E-state index is 9.17. The van der Waals surface area contributed by atoms with Gasteiger partial charge in [0.05, 0.1) is 11.3 Å². The standard InChI is InChI=1S/C18H15N5/c1-13-20-17(22-15-8-3-2-4-9-15)11-18(21-13)23-16-10-6-5-7-14(16)12-19/h2-11H,1H3,(H2,20,21,22,23). The van der Waals surface area contributed by atoms with E-state index in [-0.39, 0.29) is 0 Å². The van der Waals surface area contributed by atoms with Crippen LogP contribution < -0.4 is 10.6 Å². The van der Waals surface area contributed by atoms with Crippen LogP contribution in [0.3, 0.4) is 0 Å². The Morgan fingerprint density at radius 1 is 0.870 bits per heavy atom. The molecule has 3 rings (SSSR count). The van der Waals surface area contributed by atoms with Gasteiger partial charge in [0.2, 0.25) is 0 Å². The number of anilines is 4. The molecule has 3 aromatic rings. The van der Waals surface area contributed by atoms with E-state index in [1.165, 1.54) is 0 Å². The summed E-state index contributed by atoms with van der Waals surface area (Å²) in [4.78, 5) is 8.76. The second kappa shape index (κ2) is 6.58. The summed E-state index contributed by atoms with van der Waals surface area (Å²) in [7, 11) is 0. The van der Waals surface area contributed by atoms with E-state index >= 15 is 0 Å². The van der Waals surface area contributed by atoms with Gasteiger partial charge in [0.25, 0.3) is 0 Å². The molecule has 0 aliphatic rings. The van der Waals surface area contributed by atoms with Gasteiger partial charge in [0.1, 0.15) is 23.5 Å². The molecule has 23 heavy (non-hydrogen) atoms. The van der Waals surface area contributed by atoms with Crippen LogP contribution in [0.1, 0.15) is 11.4 Å². The first-order valence-corrected chi connectivity index (χ1v) is 7.18. The Morgan fingerprint density at radius 3 is 2.26 bits per heavy atom. The number of hydrogen-bond donors (Lipinski definition) is 2. The van der Waals surface area contributed by atoms with E-state index in [1.807, 2.05) is 61.5 Å². The highest BCUT2D eigenvalue weighted by atomic mass is 15.1. The number of rotatable bonds is 4. The van der Waals surface area contributed by atoms with Gasteiger partial charge in [0, 0.05) is 11.8 Å². The number of nitrogens with one attached hydrogen (secondary N) is 2. The third kappa shape index (κ3) is 3.63. The van der Waals surface area contributed by atoms with Crippen LogP contribution in [0.5, 0.6) is 0 Å². The highest BCUT2D eigenvalue weighted by Gasteiger charge is 2.05. The van der Waals surface area contributed by atoms with Crippen LogP contribution in [0.25, 0.3) is 0 Å². The zero-order valence-corrected chi connectivity index (χ0v) is 12.6. The smallest absolute Gasteiger partial charge is 0.136 e. The predicted octanol–water partition coefficient (Wildman–Crippen LogP) is 4.14. The molecular formula is C18H15N5. The zero-order valence-electron chi connectivity index (χ0n) is 12.6. The molecule has 5 heteroatoms. The molecule has 0 spiro atoms. The Kier molecular flexibility index (Phi) is 4.16. The van der Waals surface area contributed by atoms with Crippen molar-refractivity contribution >= 4 is 23.0 Å². The third-order valence-electron chi connectivity index (χ3n) is 3.19. The van der Waals surface area contributed by atoms with E-state index in [4.69, 9.17) is 5.26 Å². The highest BCUT2D eigenvalue weighted by Crippen LogP contribution is 2.22. The molecule has 2 N–H and O–H groups in total. The van der Waals surface area contributed by atoms with Crippen LogP contribution in [0.4, 0.5) is 23.0 Å². The monoisotopic (exact) mass is 301 g/mol. The van der Waals surface area contributed by atoms with E-state index in [1.54, 1.807) is 6.07 Å². The van der Waals surface area contributed by atoms with Crippen molar-refractivity contribution in [2.75, 3.05) is 10.6 Å². The molecule has 0 amide bonds. The summed E-state index contributed by atoms with van der Waals surface area (Å²) in [5.41, 5.74) is 2.24.